The molecule has 0 radical (unpaired) electrons. The molecular formula is C16H12FN3O2. The van der Waals surface area contributed by atoms with Gasteiger partial charge in [0, 0.05) is 22.8 Å². The Kier molecular flexibility index (Phi) is 3.82. The largest absolute Gasteiger partial charge is 0.437 e. The van der Waals surface area contributed by atoms with Gasteiger partial charge >= 0.3 is 6.09 Å². The standard InChI is InChI=1S/C16H12FN3O2/c17-13-3-1-11(2-4-13)10-19-22-16(21)20-14-5-6-15-12(9-14)7-8-18-15/h1-10,18H,(H,20,21)/b19-10+. The molecule has 0 aliphatic rings. The first kappa shape index (κ1) is 13.8. The number of hydrogen-bond acceptors (Lipinski definition) is 3. The highest BCUT2D eigenvalue weighted by Gasteiger charge is 2.03. The number of rotatable bonds is 3. The quantitative estimate of drug-likeness (QED) is 0.437. The molecule has 0 bridgehead atoms. The number of carbonyl (C=O) groups excluding carboxylic acids is 1. The fourth-order valence-corrected chi connectivity index (χ4v) is 1.96. The number of benzene rings is 2. The molecule has 5 nitrogen and oxygen atoms in total. The molecule has 0 aliphatic heterocycles. The second-order valence-electron chi connectivity index (χ2n) is 4.57. The Hall–Kier alpha value is -3.15. The van der Waals surface area contributed by atoms with E-state index in [1.165, 1.54) is 30.5 Å². The number of nitrogens with one attached hydrogen (secondary N) is 2. The van der Waals surface area contributed by atoms with E-state index in [-0.39, 0.29) is 5.82 Å². The molecule has 0 spiro atoms. The predicted octanol–water partition coefficient (Wildman–Crippen LogP) is 3.89. The number of aromatic amines is 1. The van der Waals surface area contributed by atoms with E-state index in [0.717, 1.165) is 10.9 Å². The average molecular weight is 297 g/mol. The molecule has 1 amide bonds. The van der Waals surface area contributed by atoms with Crippen LogP contribution in [0.15, 0.2) is 59.9 Å². The van der Waals surface area contributed by atoms with Gasteiger partial charge in [0.15, 0.2) is 0 Å². The van der Waals surface area contributed by atoms with E-state index in [9.17, 15) is 9.18 Å². The summed E-state index contributed by atoms with van der Waals surface area (Å²) in [5.74, 6) is -0.337. The maximum atomic E-state index is 12.7. The van der Waals surface area contributed by atoms with Crippen molar-refractivity contribution in [2.45, 2.75) is 0 Å². The van der Waals surface area contributed by atoms with Gasteiger partial charge in [-0.1, -0.05) is 17.3 Å². The van der Waals surface area contributed by atoms with Gasteiger partial charge in [-0.3, -0.25) is 10.2 Å². The summed E-state index contributed by atoms with van der Waals surface area (Å²) in [5.41, 5.74) is 2.21. The molecule has 6 heteroatoms. The van der Waals surface area contributed by atoms with E-state index in [2.05, 4.69) is 15.5 Å². The Morgan fingerprint density at radius 2 is 2.00 bits per heavy atom. The molecule has 0 fully saturated rings. The van der Waals surface area contributed by atoms with E-state index in [1.54, 1.807) is 6.07 Å². The van der Waals surface area contributed by atoms with Crippen molar-refractivity contribution in [1.82, 2.24) is 4.98 Å². The maximum Gasteiger partial charge on any atom is 0.437 e. The summed E-state index contributed by atoms with van der Waals surface area (Å²) < 4.78 is 12.7. The van der Waals surface area contributed by atoms with Crippen LogP contribution in [0, 0.1) is 5.82 Å². The maximum absolute atomic E-state index is 12.7. The highest BCUT2D eigenvalue weighted by atomic mass is 19.1. The van der Waals surface area contributed by atoms with Crippen molar-refractivity contribution in [3.63, 3.8) is 0 Å². The lowest BCUT2D eigenvalue weighted by Gasteiger charge is -2.02. The molecule has 0 saturated carbocycles. The summed E-state index contributed by atoms with van der Waals surface area (Å²) in [6.45, 7) is 0. The number of oxime groups is 1. The van der Waals surface area contributed by atoms with Crippen molar-refractivity contribution >= 4 is 28.9 Å². The topological polar surface area (TPSA) is 66.5 Å². The van der Waals surface area contributed by atoms with Gasteiger partial charge in [0.1, 0.15) is 5.82 Å². The predicted molar refractivity (Wildman–Crippen MR) is 82.4 cm³/mol. The van der Waals surface area contributed by atoms with Crippen LogP contribution in [0.3, 0.4) is 0 Å². The van der Waals surface area contributed by atoms with Gasteiger partial charge in [0.05, 0.1) is 6.21 Å². The average Bonchev–Trinajstić information content (AvgIpc) is 2.97. The van der Waals surface area contributed by atoms with Gasteiger partial charge in [-0.2, -0.15) is 0 Å². The first-order valence-electron chi connectivity index (χ1n) is 6.55. The molecule has 2 N–H and O–H groups in total. The number of aromatic nitrogens is 1. The minimum Gasteiger partial charge on any atom is -0.361 e. The molecule has 22 heavy (non-hydrogen) atoms. The Bertz CT molecular complexity index is 825. The molecule has 0 saturated heterocycles. The van der Waals surface area contributed by atoms with E-state index in [0.29, 0.717) is 11.3 Å². The third kappa shape index (κ3) is 3.29. The number of carbonyl (C=O) groups is 1. The van der Waals surface area contributed by atoms with Crippen LogP contribution in [0.25, 0.3) is 10.9 Å². The first-order valence-corrected chi connectivity index (χ1v) is 6.55. The van der Waals surface area contributed by atoms with Gasteiger partial charge in [-0.05, 0) is 42.0 Å². The van der Waals surface area contributed by atoms with Gasteiger partial charge < -0.3 is 4.98 Å². The SMILES string of the molecule is O=C(Nc1ccc2[nH]ccc2c1)O/N=C/c1ccc(F)cc1. The van der Waals surface area contributed by atoms with Crippen LogP contribution in [0.5, 0.6) is 0 Å². The number of halogens is 1. The zero-order valence-corrected chi connectivity index (χ0v) is 11.4. The number of H-pyrrole nitrogens is 1. The summed E-state index contributed by atoms with van der Waals surface area (Å²) in [7, 11) is 0. The molecule has 1 aromatic heterocycles. The van der Waals surface area contributed by atoms with Crippen LogP contribution in [0.4, 0.5) is 14.9 Å². The first-order chi connectivity index (χ1) is 10.7. The van der Waals surface area contributed by atoms with Crippen molar-refractivity contribution in [3.05, 3.63) is 66.1 Å². The smallest absolute Gasteiger partial charge is 0.361 e. The third-order valence-corrected chi connectivity index (χ3v) is 3.01. The fourth-order valence-electron chi connectivity index (χ4n) is 1.96. The monoisotopic (exact) mass is 297 g/mol. The molecule has 0 unspecified atom stereocenters. The summed E-state index contributed by atoms with van der Waals surface area (Å²) in [6.07, 6.45) is 2.45. The van der Waals surface area contributed by atoms with Crippen LogP contribution in [-0.4, -0.2) is 17.3 Å². The second-order valence-corrected chi connectivity index (χ2v) is 4.57. The lowest BCUT2D eigenvalue weighted by Crippen LogP contribution is -2.10. The van der Waals surface area contributed by atoms with Crippen LogP contribution in [-0.2, 0) is 4.84 Å². The zero-order chi connectivity index (χ0) is 15.4. The number of fused-ring (bicyclic) bond motifs is 1. The van der Waals surface area contributed by atoms with Crippen LogP contribution >= 0.6 is 0 Å². The number of hydrogen-bond donors (Lipinski definition) is 2. The van der Waals surface area contributed by atoms with E-state index in [1.807, 2.05) is 24.4 Å². The van der Waals surface area contributed by atoms with Gasteiger partial charge in [0.25, 0.3) is 0 Å². The summed E-state index contributed by atoms with van der Waals surface area (Å²) in [6, 6.07) is 13.0. The lowest BCUT2D eigenvalue weighted by molar-refractivity contribution is 0.167. The van der Waals surface area contributed by atoms with Crippen LogP contribution in [0.2, 0.25) is 0 Å². The third-order valence-electron chi connectivity index (χ3n) is 3.01. The summed E-state index contributed by atoms with van der Waals surface area (Å²) in [4.78, 5) is 19.4. The number of nitrogens with zero attached hydrogens (tertiary/aromatic N) is 1. The molecular weight excluding hydrogens is 285 g/mol. The van der Waals surface area contributed by atoms with Gasteiger partial charge in [0.2, 0.25) is 0 Å². The van der Waals surface area contributed by atoms with Gasteiger partial charge in [-0.15, -0.1) is 0 Å². The molecule has 3 aromatic rings. The molecule has 2 aromatic carbocycles. The Balaban J connectivity index is 1.58. The van der Waals surface area contributed by atoms with E-state index in [4.69, 9.17) is 4.84 Å². The highest BCUT2D eigenvalue weighted by molar-refractivity contribution is 5.90. The van der Waals surface area contributed by atoms with Crippen LogP contribution < -0.4 is 5.32 Å². The second kappa shape index (κ2) is 6.09. The Morgan fingerprint density at radius 3 is 2.82 bits per heavy atom. The molecule has 1 heterocycles. The van der Waals surface area contributed by atoms with Crippen molar-refractivity contribution < 1.29 is 14.0 Å². The van der Waals surface area contributed by atoms with Crippen molar-refractivity contribution in [3.8, 4) is 0 Å². The molecule has 3 rings (SSSR count). The molecule has 0 atom stereocenters. The normalized spacial score (nSPS) is 11.0. The summed E-state index contributed by atoms with van der Waals surface area (Å²) in [5, 5.41) is 7.10. The van der Waals surface area contributed by atoms with Crippen molar-refractivity contribution in [1.29, 1.82) is 0 Å². The lowest BCUT2D eigenvalue weighted by atomic mass is 10.2. The van der Waals surface area contributed by atoms with Gasteiger partial charge in [-0.25, -0.2) is 9.18 Å². The van der Waals surface area contributed by atoms with Crippen molar-refractivity contribution in [2.24, 2.45) is 5.16 Å². The van der Waals surface area contributed by atoms with E-state index >= 15 is 0 Å². The zero-order valence-electron chi connectivity index (χ0n) is 11.4. The molecule has 110 valence electrons. The minimum absolute atomic E-state index is 0.337. The number of amides is 1. The highest BCUT2D eigenvalue weighted by Crippen LogP contribution is 2.17. The molecule has 0 aliphatic carbocycles. The Labute approximate surface area is 125 Å². The minimum atomic E-state index is -0.701. The van der Waals surface area contributed by atoms with E-state index < -0.39 is 6.09 Å². The fraction of sp³-hybridized carbons (Fsp3) is 0. The Morgan fingerprint density at radius 1 is 1.18 bits per heavy atom. The summed E-state index contributed by atoms with van der Waals surface area (Å²) >= 11 is 0. The van der Waals surface area contributed by atoms with Crippen molar-refractivity contribution in [2.75, 3.05) is 5.32 Å². The number of anilines is 1. The van der Waals surface area contributed by atoms with Crippen LogP contribution in [0.1, 0.15) is 5.56 Å².